The zero-order valence-corrected chi connectivity index (χ0v) is 15.4. The molecule has 0 heterocycles. The van der Waals surface area contributed by atoms with Gasteiger partial charge in [-0.2, -0.15) is 0 Å². The number of hydrogen-bond donors (Lipinski definition) is 1. The van der Waals surface area contributed by atoms with E-state index < -0.39 is 0 Å². The minimum Gasteiger partial charge on any atom is -0.497 e. The number of aryl methyl sites for hydroxylation is 1. The van der Waals surface area contributed by atoms with Crippen molar-refractivity contribution in [2.24, 2.45) is 0 Å². The van der Waals surface area contributed by atoms with E-state index in [0.717, 1.165) is 23.5 Å². The first-order valence-corrected chi connectivity index (χ1v) is 9.34. The van der Waals surface area contributed by atoms with Crippen molar-refractivity contribution in [1.29, 1.82) is 0 Å². The number of carbonyl (C=O) groups is 1. The fraction of sp³-hybridized carbons (Fsp3) is 0.350. The normalized spacial score (nSPS) is 11.8. The van der Waals surface area contributed by atoms with Gasteiger partial charge in [-0.25, -0.2) is 0 Å². The Morgan fingerprint density at radius 3 is 2.38 bits per heavy atom. The molecule has 0 saturated carbocycles. The molecule has 0 aliphatic rings. The van der Waals surface area contributed by atoms with E-state index in [0.29, 0.717) is 5.75 Å². The molecular weight excluding hydrogens is 318 g/mol. The third kappa shape index (κ3) is 5.60. The van der Waals surface area contributed by atoms with Gasteiger partial charge >= 0.3 is 0 Å². The van der Waals surface area contributed by atoms with E-state index in [9.17, 15) is 4.79 Å². The van der Waals surface area contributed by atoms with Crippen molar-refractivity contribution in [1.82, 2.24) is 5.32 Å². The summed E-state index contributed by atoms with van der Waals surface area (Å²) in [5, 5.41) is 3.12. The number of carbonyl (C=O) groups excluding carboxylic acids is 1. The lowest BCUT2D eigenvalue weighted by Crippen LogP contribution is -2.29. The van der Waals surface area contributed by atoms with Crippen LogP contribution in [0.25, 0.3) is 0 Å². The Morgan fingerprint density at radius 2 is 1.79 bits per heavy atom. The summed E-state index contributed by atoms with van der Waals surface area (Å²) in [6.07, 6.45) is 0.862. The summed E-state index contributed by atoms with van der Waals surface area (Å²) in [5.41, 5.74) is 3.61. The van der Waals surface area contributed by atoms with Crippen LogP contribution in [0, 0.1) is 6.92 Å². The Labute approximate surface area is 148 Å². The van der Waals surface area contributed by atoms with E-state index in [1.807, 2.05) is 24.3 Å². The van der Waals surface area contributed by atoms with Crippen LogP contribution in [0.3, 0.4) is 0 Å². The highest BCUT2D eigenvalue weighted by molar-refractivity contribution is 7.99. The molecule has 0 spiro atoms. The van der Waals surface area contributed by atoms with Crippen molar-refractivity contribution in [2.75, 3.05) is 12.9 Å². The van der Waals surface area contributed by atoms with Crippen LogP contribution in [0.5, 0.6) is 5.75 Å². The minimum atomic E-state index is 0.0448. The van der Waals surface area contributed by atoms with Gasteiger partial charge in [0.2, 0.25) is 5.91 Å². The van der Waals surface area contributed by atoms with Crippen LogP contribution < -0.4 is 10.1 Å². The Hall–Kier alpha value is -1.94. The third-order valence-electron chi connectivity index (χ3n) is 3.88. The van der Waals surface area contributed by atoms with Gasteiger partial charge in [0.25, 0.3) is 0 Å². The van der Waals surface area contributed by atoms with E-state index in [1.54, 1.807) is 18.9 Å². The fourth-order valence-corrected chi connectivity index (χ4v) is 3.24. The second kappa shape index (κ2) is 9.38. The van der Waals surface area contributed by atoms with E-state index in [-0.39, 0.29) is 11.9 Å². The molecule has 3 nitrogen and oxygen atoms in total. The van der Waals surface area contributed by atoms with E-state index >= 15 is 0 Å². The van der Waals surface area contributed by atoms with E-state index in [2.05, 4.69) is 43.4 Å². The maximum atomic E-state index is 12.2. The predicted molar refractivity (Wildman–Crippen MR) is 102 cm³/mol. The average molecular weight is 343 g/mol. The van der Waals surface area contributed by atoms with Gasteiger partial charge in [-0.3, -0.25) is 4.79 Å². The average Bonchev–Trinajstić information content (AvgIpc) is 2.61. The Bertz CT molecular complexity index is 638. The standard InChI is InChI=1S/C20H25NO2S/c1-4-19(17-9-11-18(23-3)12-10-17)21-20(22)14-24-13-16-7-5-15(2)6-8-16/h5-12,19H,4,13-14H2,1-3H3,(H,21,22). The van der Waals surface area contributed by atoms with Gasteiger partial charge in [0.1, 0.15) is 5.75 Å². The topological polar surface area (TPSA) is 38.3 Å². The largest absolute Gasteiger partial charge is 0.497 e. The SMILES string of the molecule is CCC(NC(=O)CSCc1ccc(C)cc1)c1ccc(OC)cc1. The Kier molecular flexibility index (Phi) is 7.19. The van der Waals surface area contributed by atoms with Crippen molar-refractivity contribution in [3.05, 3.63) is 65.2 Å². The fourth-order valence-electron chi connectivity index (χ4n) is 2.44. The Morgan fingerprint density at radius 1 is 1.12 bits per heavy atom. The highest BCUT2D eigenvalue weighted by atomic mass is 32.2. The number of methoxy groups -OCH3 is 1. The lowest BCUT2D eigenvalue weighted by atomic mass is 10.0. The molecule has 0 aliphatic carbocycles. The van der Waals surface area contributed by atoms with Gasteiger partial charge in [-0.15, -0.1) is 11.8 Å². The number of hydrogen-bond acceptors (Lipinski definition) is 3. The molecule has 1 N–H and O–H groups in total. The number of benzene rings is 2. The smallest absolute Gasteiger partial charge is 0.230 e. The molecule has 0 aliphatic heterocycles. The van der Waals surface area contributed by atoms with Gasteiger partial charge < -0.3 is 10.1 Å². The minimum absolute atomic E-state index is 0.0448. The molecule has 2 rings (SSSR count). The molecule has 0 bridgehead atoms. The maximum absolute atomic E-state index is 12.2. The molecule has 0 radical (unpaired) electrons. The highest BCUT2D eigenvalue weighted by Gasteiger charge is 2.12. The van der Waals surface area contributed by atoms with Gasteiger partial charge in [-0.1, -0.05) is 48.9 Å². The van der Waals surface area contributed by atoms with Crippen molar-refractivity contribution in [3.8, 4) is 5.75 Å². The van der Waals surface area contributed by atoms with Crippen LogP contribution in [-0.4, -0.2) is 18.8 Å². The molecule has 1 atom stereocenters. The van der Waals surface area contributed by atoms with Crippen LogP contribution >= 0.6 is 11.8 Å². The molecule has 1 amide bonds. The van der Waals surface area contributed by atoms with Crippen LogP contribution in [0.1, 0.15) is 36.1 Å². The lowest BCUT2D eigenvalue weighted by molar-refractivity contribution is -0.119. The van der Waals surface area contributed by atoms with Crippen LogP contribution in [0.15, 0.2) is 48.5 Å². The third-order valence-corrected chi connectivity index (χ3v) is 4.89. The molecule has 0 fully saturated rings. The van der Waals surface area contributed by atoms with Crippen LogP contribution in [-0.2, 0) is 10.5 Å². The number of nitrogens with one attached hydrogen (secondary N) is 1. The van der Waals surface area contributed by atoms with E-state index in [4.69, 9.17) is 4.74 Å². The van der Waals surface area contributed by atoms with Crippen molar-refractivity contribution in [3.63, 3.8) is 0 Å². The summed E-state index contributed by atoms with van der Waals surface area (Å²) >= 11 is 1.64. The molecular formula is C20H25NO2S. The predicted octanol–water partition coefficient (Wildman–Crippen LogP) is 4.50. The quantitative estimate of drug-likeness (QED) is 0.767. The molecule has 1 unspecified atom stereocenters. The van der Waals surface area contributed by atoms with Gasteiger partial charge in [0.05, 0.1) is 18.9 Å². The first kappa shape index (κ1) is 18.4. The van der Waals surface area contributed by atoms with Crippen LogP contribution in [0.4, 0.5) is 0 Å². The number of ether oxygens (including phenoxy) is 1. The highest BCUT2D eigenvalue weighted by Crippen LogP contribution is 2.20. The molecule has 2 aromatic rings. The zero-order chi connectivity index (χ0) is 17.4. The molecule has 128 valence electrons. The maximum Gasteiger partial charge on any atom is 0.230 e. The molecule has 2 aromatic carbocycles. The van der Waals surface area contributed by atoms with Crippen LogP contribution in [0.2, 0.25) is 0 Å². The van der Waals surface area contributed by atoms with Crippen molar-refractivity contribution >= 4 is 17.7 Å². The van der Waals surface area contributed by atoms with Gasteiger partial charge in [0.15, 0.2) is 0 Å². The summed E-state index contributed by atoms with van der Waals surface area (Å²) in [4.78, 5) is 12.2. The second-order valence-electron chi connectivity index (χ2n) is 5.78. The number of rotatable bonds is 8. The summed E-state index contributed by atoms with van der Waals surface area (Å²) in [6.45, 7) is 4.16. The number of amides is 1. The molecule has 4 heteroatoms. The van der Waals surface area contributed by atoms with Gasteiger partial charge in [-0.05, 0) is 36.6 Å². The van der Waals surface area contributed by atoms with Crippen molar-refractivity contribution < 1.29 is 9.53 Å². The summed E-state index contributed by atoms with van der Waals surface area (Å²) < 4.78 is 5.18. The molecule has 0 aromatic heterocycles. The molecule has 24 heavy (non-hydrogen) atoms. The zero-order valence-electron chi connectivity index (χ0n) is 14.5. The second-order valence-corrected chi connectivity index (χ2v) is 6.77. The van der Waals surface area contributed by atoms with Gasteiger partial charge in [0, 0.05) is 5.75 Å². The summed E-state index contributed by atoms with van der Waals surface area (Å²) in [5.74, 6) is 2.23. The monoisotopic (exact) mass is 343 g/mol. The first-order valence-electron chi connectivity index (χ1n) is 8.19. The summed E-state index contributed by atoms with van der Waals surface area (Å²) in [7, 11) is 1.65. The van der Waals surface area contributed by atoms with E-state index in [1.165, 1.54) is 11.1 Å². The van der Waals surface area contributed by atoms with Crippen molar-refractivity contribution in [2.45, 2.75) is 32.1 Å². The first-order chi connectivity index (χ1) is 11.6. The Balaban J connectivity index is 1.81. The molecule has 0 saturated heterocycles. The number of thioether (sulfide) groups is 1. The summed E-state index contributed by atoms with van der Waals surface area (Å²) in [6, 6.07) is 16.4. The lowest BCUT2D eigenvalue weighted by Gasteiger charge is -2.17.